The van der Waals surface area contributed by atoms with Crippen LogP contribution in [-0.2, 0) is 22.7 Å². The first-order chi connectivity index (χ1) is 32.9. The Morgan fingerprint density at radius 1 is 0.574 bits per heavy atom. The van der Waals surface area contributed by atoms with Crippen LogP contribution in [0.5, 0.6) is 0 Å². The summed E-state index contributed by atoms with van der Waals surface area (Å²) in [5.41, 5.74) is 24.9. The molecule has 9 aromatic rings. The summed E-state index contributed by atoms with van der Waals surface area (Å²) in [7, 11) is 2.55. The summed E-state index contributed by atoms with van der Waals surface area (Å²) in [6, 6.07) is 62.7. The predicted octanol–water partition coefficient (Wildman–Crippen LogP) is 15.7. The van der Waals surface area contributed by atoms with E-state index in [0.717, 1.165) is 17.8 Å². The minimum Gasteiger partial charge on any atom is -0.355 e. The predicted molar refractivity (Wildman–Crippen MR) is 291 cm³/mol. The quantitative estimate of drug-likeness (QED) is 0.0823. The number of fused-ring (bicyclic) bond motifs is 9. The maximum atomic E-state index is 3.94. The number of aryl methyl sites for hydroxylation is 1. The highest BCUT2D eigenvalue weighted by Gasteiger charge is 2.41. The molecule has 1 aliphatic heterocycles. The Morgan fingerprint density at radius 2 is 1.21 bits per heavy atom. The molecule has 2 aliphatic carbocycles. The summed E-state index contributed by atoms with van der Waals surface area (Å²) in [5.74, 6) is -0.0146. The monoisotopic (exact) mass is 882 g/mol. The van der Waals surface area contributed by atoms with Crippen LogP contribution in [0.1, 0.15) is 131 Å². The van der Waals surface area contributed by atoms with Gasteiger partial charge in [-0.25, -0.2) is 0 Å². The van der Waals surface area contributed by atoms with E-state index in [0.29, 0.717) is 0 Å². The number of hydrogen-bond donors (Lipinski definition) is 1. The number of aromatic nitrogens is 1. The van der Waals surface area contributed by atoms with Crippen LogP contribution in [0.25, 0.3) is 49.7 Å². The van der Waals surface area contributed by atoms with Gasteiger partial charge in [-0.05, 0) is 146 Å². The second kappa shape index (κ2) is 16.0. The first-order valence-corrected chi connectivity index (χ1v) is 25.3. The van der Waals surface area contributed by atoms with Gasteiger partial charge in [-0.1, -0.05) is 188 Å². The van der Waals surface area contributed by atoms with Crippen LogP contribution < -0.4 is 16.2 Å². The Hall–Kier alpha value is -6.58. The van der Waals surface area contributed by atoms with E-state index in [1.165, 1.54) is 137 Å². The molecule has 3 heteroatoms. The Bertz CT molecular complexity index is 3380. The topological polar surface area (TPSA) is 17.0 Å². The summed E-state index contributed by atoms with van der Waals surface area (Å²) in [4.78, 5) is 0. The van der Waals surface area contributed by atoms with E-state index in [4.69, 9.17) is 0 Å². The van der Waals surface area contributed by atoms with Crippen molar-refractivity contribution in [2.75, 3.05) is 5.32 Å². The van der Waals surface area contributed by atoms with Crippen molar-refractivity contribution in [3.8, 4) is 27.9 Å². The molecule has 1 aromatic heterocycles. The molecule has 0 spiro atoms. The SMILES string of the molecule is CCCCCc1ccc(Nc2ccccc2-c2cc(C(c3ccccc3)c3ccccc3)c3c4cc5c(cc4n4c3c2[B]c2cc3c(cc2-4)-c2ccccc2C3(C)C)C(C)(C)CCC5(C)C)cc1. The molecule has 0 saturated carbocycles. The number of nitrogens with one attached hydrogen (secondary N) is 1. The lowest BCUT2D eigenvalue weighted by Gasteiger charge is -2.42. The van der Waals surface area contributed by atoms with Crippen molar-refractivity contribution in [1.29, 1.82) is 0 Å². The second-order valence-electron chi connectivity index (χ2n) is 22.0. The van der Waals surface area contributed by atoms with E-state index in [1.807, 2.05) is 0 Å². The molecule has 68 heavy (non-hydrogen) atoms. The molecule has 0 saturated heterocycles. The molecule has 12 rings (SSSR count). The van der Waals surface area contributed by atoms with E-state index in [9.17, 15) is 0 Å². The van der Waals surface area contributed by atoms with Gasteiger partial charge in [-0.2, -0.15) is 0 Å². The molecule has 335 valence electrons. The third-order valence-electron chi connectivity index (χ3n) is 16.4. The average molecular weight is 882 g/mol. The van der Waals surface area contributed by atoms with Gasteiger partial charge in [0.25, 0.3) is 0 Å². The van der Waals surface area contributed by atoms with E-state index >= 15 is 0 Å². The standard InChI is InChI=1S/C65H62BN2/c1-8-9-12-21-41-30-32-44(33-31-41)67-56-29-20-18-27-46(56)48-36-50(59(42-22-13-10-14-23-42)43-24-15-11-16-25-43)60-49-37-53-54(64(4,5)35-34-63(53,2)3)40-57(49)68-58-38-47-45-26-17-19-28-51(45)65(6,7)52(47)39-55(58)66-61(48)62(60)68/h10-11,13-20,22-33,36-40,59,67H,8-9,12,21,34-35H2,1-7H3. The average Bonchev–Trinajstić information content (AvgIpc) is 3.80. The smallest absolute Gasteiger partial charge is 0.197 e. The second-order valence-corrected chi connectivity index (χ2v) is 22.0. The Labute approximate surface area is 404 Å². The molecule has 1 radical (unpaired) electrons. The molecule has 2 heterocycles. The van der Waals surface area contributed by atoms with Crippen molar-refractivity contribution in [1.82, 2.24) is 4.57 Å². The van der Waals surface area contributed by atoms with Gasteiger partial charge in [0.2, 0.25) is 0 Å². The van der Waals surface area contributed by atoms with E-state index < -0.39 is 0 Å². The van der Waals surface area contributed by atoms with Gasteiger partial charge >= 0.3 is 0 Å². The summed E-state index contributed by atoms with van der Waals surface area (Å²) >= 11 is 0. The Morgan fingerprint density at radius 3 is 1.90 bits per heavy atom. The lowest BCUT2D eigenvalue weighted by Crippen LogP contribution is -2.38. The molecule has 0 atom stereocenters. The van der Waals surface area contributed by atoms with Crippen LogP contribution in [0.15, 0.2) is 164 Å². The van der Waals surface area contributed by atoms with Gasteiger partial charge in [0.15, 0.2) is 7.28 Å². The Balaban J connectivity index is 1.20. The fourth-order valence-electron chi connectivity index (χ4n) is 12.6. The van der Waals surface area contributed by atoms with Crippen LogP contribution in [0.3, 0.4) is 0 Å². The van der Waals surface area contributed by atoms with Crippen LogP contribution in [-0.4, -0.2) is 11.8 Å². The molecule has 1 N–H and O–H groups in total. The number of para-hydroxylation sites is 1. The molecule has 0 unspecified atom stereocenters. The van der Waals surface area contributed by atoms with E-state index in [2.05, 4.69) is 229 Å². The van der Waals surface area contributed by atoms with Crippen molar-refractivity contribution < 1.29 is 0 Å². The molecule has 0 fully saturated rings. The van der Waals surface area contributed by atoms with Crippen molar-refractivity contribution in [2.45, 2.75) is 109 Å². The van der Waals surface area contributed by atoms with Gasteiger partial charge in [-0.3, -0.25) is 0 Å². The van der Waals surface area contributed by atoms with Gasteiger partial charge in [0.1, 0.15) is 0 Å². The van der Waals surface area contributed by atoms with Gasteiger partial charge in [-0.15, -0.1) is 0 Å². The minimum absolute atomic E-state index is 0.0146. The highest BCUT2D eigenvalue weighted by molar-refractivity contribution is 6.73. The molecule has 2 nitrogen and oxygen atoms in total. The third-order valence-corrected chi connectivity index (χ3v) is 16.4. The van der Waals surface area contributed by atoms with Crippen molar-refractivity contribution in [2.24, 2.45) is 0 Å². The van der Waals surface area contributed by atoms with Crippen LogP contribution >= 0.6 is 0 Å². The zero-order chi connectivity index (χ0) is 46.5. The zero-order valence-electron chi connectivity index (χ0n) is 40.9. The maximum absolute atomic E-state index is 3.94. The van der Waals surface area contributed by atoms with Gasteiger partial charge in [0, 0.05) is 50.2 Å². The minimum atomic E-state index is -0.120. The van der Waals surface area contributed by atoms with Crippen molar-refractivity contribution >= 4 is 51.4 Å². The highest BCUT2D eigenvalue weighted by atomic mass is 15.0. The van der Waals surface area contributed by atoms with E-state index in [1.54, 1.807) is 0 Å². The fourth-order valence-corrected chi connectivity index (χ4v) is 12.6. The number of hydrogen-bond acceptors (Lipinski definition) is 1. The first-order valence-electron chi connectivity index (χ1n) is 25.3. The van der Waals surface area contributed by atoms with E-state index in [-0.39, 0.29) is 22.2 Å². The summed E-state index contributed by atoms with van der Waals surface area (Å²) < 4.78 is 2.70. The molecular weight excluding hydrogens is 820 g/mol. The number of anilines is 2. The van der Waals surface area contributed by atoms with Crippen LogP contribution in [0, 0.1) is 0 Å². The summed E-state index contributed by atoms with van der Waals surface area (Å²) in [6.07, 6.45) is 7.19. The number of nitrogens with zero attached hydrogens (tertiary/aromatic N) is 1. The number of rotatable bonds is 10. The van der Waals surface area contributed by atoms with Crippen molar-refractivity contribution in [3.05, 3.63) is 208 Å². The normalized spacial score (nSPS) is 15.7. The molecule has 0 amide bonds. The van der Waals surface area contributed by atoms with Crippen LogP contribution in [0.2, 0.25) is 0 Å². The lowest BCUT2D eigenvalue weighted by molar-refractivity contribution is 0.332. The zero-order valence-corrected chi connectivity index (χ0v) is 40.9. The van der Waals surface area contributed by atoms with Gasteiger partial charge < -0.3 is 9.88 Å². The van der Waals surface area contributed by atoms with Gasteiger partial charge in [0.05, 0.1) is 5.52 Å². The lowest BCUT2D eigenvalue weighted by atomic mass is 9.57. The van der Waals surface area contributed by atoms with Crippen molar-refractivity contribution in [3.63, 3.8) is 0 Å². The largest absolute Gasteiger partial charge is 0.355 e. The molecular formula is C65H62BN2. The number of benzene rings is 8. The third kappa shape index (κ3) is 6.74. The maximum Gasteiger partial charge on any atom is 0.197 e. The summed E-state index contributed by atoms with van der Waals surface area (Å²) in [5, 5.41) is 6.64. The highest BCUT2D eigenvalue weighted by Crippen LogP contribution is 2.53. The summed E-state index contributed by atoms with van der Waals surface area (Å²) in [6.45, 7) is 17.0. The Kier molecular flexibility index (Phi) is 10.1. The first kappa shape index (κ1) is 42.8. The molecule has 8 aromatic carbocycles. The number of unbranched alkanes of at least 4 members (excludes halogenated alkanes) is 2. The van der Waals surface area contributed by atoms with Crippen LogP contribution in [0.4, 0.5) is 11.4 Å². The fraction of sp³-hybridized carbons (Fsp3) is 0.262. The molecule has 3 aliphatic rings. The molecule has 0 bridgehead atoms.